The van der Waals surface area contributed by atoms with E-state index in [0.717, 1.165) is 38.4 Å². The molecule has 1 aromatic rings. The lowest BCUT2D eigenvalue weighted by Crippen LogP contribution is -2.40. The summed E-state index contributed by atoms with van der Waals surface area (Å²) < 4.78 is 1.86. The molecular formula is C17H32IN5. The maximum atomic E-state index is 4.81. The average Bonchev–Trinajstić information content (AvgIpc) is 2.88. The number of hydrogen-bond donors (Lipinski definition) is 2. The fraction of sp³-hybridized carbons (Fsp3) is 0.765. The fourth-order valence-corrected chi connectivity index (χ4v) is 2.99. The minimum absolute atomic E-state index is 0. The zero-order chi connectivity index (χ0) is 15.8. The summed E-state index contributed by atoms with van der Waals surface area (Å²) in [6.07, 6.45) is 11.5. The van der Waals surface area contributed by atoms with Gasteiger partial charge in [0.15, 0.2) is 5.96 Å². The maximum Gasteiger partial charge on any atom is 0.191 e. The molecule has 1 saturated carbocycles. The molecule has 1 heterocycles. The van der Waals surface area contributed by atoms with E-state index in [9.17, 15) is 0 Å². The summed E-state index contributed by atoms with van der Waals surface area (Å²) in [6.45, 7) is 7.23. The van der Waals surface area contributed by atoms with Crippen molar-refractivity contribution in [3.8, 4) is 0 Å². The Morgan fingerprint density at radius 1 is 1.35 bits per heavy atom. The van der Waals surface area contributed by atoms with E-state index in [2.05, 4.69) is 35.8 Å². The largest absolute Gasteiger partial charge is 0.357 e. The van der Waals surface area contributed by atoms with Crippen LogP contribution in [0.25, 0.3) is 0 Å². The Balaban J connectivity index is 0.00000264. The number of nitrogens with zero attached hydrogens (tertiary/aromatic N) is 3. The van der Waals surface area contributed by atoms with Crippen molar-refractivity contribution in [3.05, 3.63) is 18.0 Å². The van der Waals surface area contributed by atoms with Crippen LogP contribution in [0.15, 0.2) is 17.4 Å². The first-order valence-corrected chi connectivity index (χ1v) is 8.67. The molecule has 5 nitrogen and oxygen atoms in total. The average molecular weight is 433 g/mol. The number of aryl methyl sites for hydroxylation is 2. The molecule has 2 rings (SSSR count). The van der Waals surface area contributed by atoms with Crippen molar-refractivity contribution >= 4 is 29.9 Å². The van der Waals surface area contributed by atoms with Crippen LogP contribution >= 0.6 is 24.0 Å². The summed E-state index contributed by atoms with van der Waals surface area (Å²) >= 11 is 0. The molecule has 0 aliphatic heterocycles. The highest BCUT2D eigenvalue weighted by Crippen LogP contribution is 2.43. The third-order valence-corrected chi connectivity index (χ3v) is 4.77. The van der Waals surface area contributed by atoms with Crippen molar-refractivity contribution in [1.82, 2.24) is 20.4 Å². The molecule has 0 saturated heterocycles. The monoisotopic (exact) mass is 433 g/mol. The molecule has 1 aromatic heterocycles. The minimum Gasteiger partial charge on any atom is -0.357 e. The van der Waals surface area contributed by atoms with Gasteiger partial charge in [0, 0.05) is 32.9 Å². The van der Waals surface area contributed by atoms with Gasteiger partial charge in [0.05, 0.1) is 6.20 Å². The zero-order valence-corrected chi connectivity index (χ0v) is 17.1. The van der Waals surface area contributed by atoms with Crippen LogP contribution in [-0.2, 0) is 13.5 Å². The van der Waals surface area contributed by atoms with Gasteiger partial charge in [-0.25, -0.2) is 0 Å². The van der Waals surface area contributed by atoms with Crippen molar-refractivity contribution < 1.29 is 0 Å². The van der Waals surface area contributed by atoms with Crippen LogP contribution in [0.1, 0.15) is 51.5 Å². The SMILES string of the molecule is CCNC(=NCC1(CC)CCC1)NCCCc1cnn(C)c1.I. The van der Waals surface area contributed by atoms with E-state index in [-0.39, 0.29) is 24.0 Å². The third-order valence-electron chi connectivity index (χ3n) is 4.77. The van der Waals surface area contributed by atoms with Gasteiger partial charge in [-0.1, -0.05) is 13.3 Å². The Morgan fingerprint density at radius 2 is 2.13 bits per heavy atom. The Labute approximate surface area is 157 Å². The van der Waals surface area contributed by atoms with Crippen LogP contribution in [0, 0.1) is 5.41 Å². The molecule has 6 heteroatoms. The quantitative estimate of drug-likeness (QED) is 0.287. The lowest BCUT2D eigenvalue weighted by molar-refractivity contribution is 0.139. The Bertz CT molecular complexity index is 474. The van der Waals surface area contributed by atoms with Crippen LogP contribution in [0.2, 0.25) is 0 Å². The van der Waals surface area contributed by atoms with E-state index < -0.39 is 0 Å². The summed E-state index contributed by atoms with van der Waals surface area (Å²) in [7, 11) is 1.96. The number of rotatable bonds is 8. The second-order valence-electron chi connectivity index (χ2n) is 6.45. The Morgan fingerprint density at radius 3 is 2.65 bits per heavy atom. The topological polar surface area (TPSA) is 54.2 Å². The van der Waals surface area contributed by atoms with Crippen LogP contribution in [0.5, 0.6) is 0 Å². The van der Waals surface area contributed by atoms with Gasteiger partial charge in [0.2, 0.25) is 0 Å². The molecule has 0 atom stereocenters. The van der Waals surface area contributed by atoms with Gasteiger partial charge < -0.3 is 10.6 Å². The molecule has 0 unspecified atom stereocenters. The van der Waals surface area contributed by atoms with Crippen LogP contribution < -0.4 is 10.6 Å². The summed E-state index contributed by atoms with van der Waals surface area (Å²) in [5.74, 6) is 0.966. The van der Waals surface area contributed by atoms with E-state index in [4.69, 9.17) is 4.99 Å². The lowest BCUT2D eigenvalue weighted by Gasteiger charge is -2.40. The van der Waals surface area contributed by atoms with Crippen molar-refractivity contribution in [2.24, 2.45) is 17.5 Å². The standard InChI is InChI=1S/C17H31N5.HI/c1-4-17(9-7-10-17)14-20-16(18-5-2)19-11-6-8-15-12-21-22(3)13-15;/h12-13H,4-11,14H2,1-3H3,(H2,18,19,20);1H. The third kappa shape index (κ3) is 6.31. The van der Waals surface area contributed by atoms with Gasteiger partial charge in [-0.15, -0.1) is 24.0 Å². The highest BCUT2D eigenvalue weighted by Gasteiger charge is 2.34. The van der Waals surface area contributed by atoms with Gasteiger partial charge in [-0.2, -0.15) is 5.10 Å². The molecule has 0 amide bonds. The summed E-state index contributed by atoms with van der Waals surface area (Å²) in [5.41, 5.74) is 1.78. The number of aromatic nitrogens is 2. The normalized spacial score (nSPS) is 16.4. The summed E-state index contributed by atoms with van der Waals surface area (Å²) in [5, 5.41) is 11.0. The smallest absolute Gasteiger partial charge is 0.191 e. The van der Waals surface area contributed by atoms with Crippen LogP contribution in [-0.4, -0.2) is 35.4 Å². The van der Waals surface area contributed by atoms with E-state index in [1.54, 1.807) is 0 Å². The molecule has 0 aromatic carbocycles. The summed E-state index contributed by atoms with van der Waals surface area (Å²) in [6, 6.07) is 0. The molecule has 1 fully saturated rings. The van der Waals surface area contributed by atoms with Gasteiger partial charge >= 0.3 is 0 Å². The van der Waals surface area contributed by atoms with Gasteiger partial charge in [-0.05, 0) is 50.0 Å². The van der Waals surface area contributed by atoms with Gasteiger partial charge in [0.1, 0.15) is 0 Å². The number of halogens is 1. The van der Waals surface area contributed by atoms with E-state index in [0.29, 0.717) is 5.41 Å². The van der Waals surface area contributed by atoms with Crippen molar-refractivity contribution in [3.63, 3.8) is 0 Å². The molecule has 2 N–H and O–H groups in total. The van der Waals surface area contributed by atoms with Gasteiger partial charge in [0.25, 0.3) is 0 Å². The second-order valence-corrected chi connectivity index (χ2v) is 6.45. The molecule has 0 spiro atoms. The zero-order valence-electron chi connectivity index (χ0n) is 14.8. The molecular weight excluding hydrogens is 401 g/mol. The minimum atomic E-state index is 0. The predicted molar refractivity (Wildman–Crippen MR) is 108 cm³/mol. The first-order chi connectivity index (χ1) is 10.7. The van der Waals surface area contributed by atoms with Crippen molar-refractivity contribution in [1.29, 1.82) is 0 Å². The van der Waals surface area contributed by atoms with Crippen LogP contribution in [0.3, 0.4) is 0 Å². The maximum absolute atomic E-state index is 4.81. The second kappa shape index (κ2) is 10.2. The molecule has 0 bridgehead atoms. The van der Waals surface area contributed by atoms with Crippen LogP contribution in [0.4, 0.5) is 0 Å². The molecule has 132 valence electrons. The van der Waals surface area contributed by atoms with Crippen molar-refractivity contribution in [2.45, 2.75) is 52.4 Å². The van der Waals surface area contributed by atoms with Crippen molar-refractivity contribution in [2.75, 3.05) is 19.6 Å². The Kier molecular flexibility index (Phi) is 8.94. The number of guanidine groups is 1. The summed E-state index contributed by atoms with van der Waals surface area (Å²) in [4.78, 5) is 4.81. The Hall–Kier alpha value is -0.790. The van der Waals surface area contributed by atoms with E-state index >= 15 is 0 Å². The molecule has 23 heavy (non-hydrogen) atoms. The lowest BCUT2D eigenvalue weighted by atomic mass is 9.67. The molecule has 1 aliphatic carbocycles. The fourth-order valence-electron chi connectivity index (χ4n) is 2.99. The number of nitrogens with one attached hydrogen (secondary N) is 2. The first-order valence-electron chi connectivity index (χ1n) is 8.67. The molecule has 1 aliphatic rings. The highest BCUT2D eigenvalue weighted by molar-refractivity contribution is 14.0. The highest BCUT2D eigenvalue weighted by atomic mass is 127. The number of aliphatic imine (C=N–C) groups is 1. The first kappa shape index (κ1) is 20.3. The predicted octanol–water partition coefficient (Wildman–Crippen LogP) is 3.11. The van der Waals surface area contributed by atoms with Gasteiger partial charge in [-0.3, -0.25) is 9.67 Å². The number of hydrogen-bond acceptors (Lipinski definition) is 2. The molecule has 0 radical (unpaired) electrons. The van der Waals surface area contributed by atoms with E-state index in [1.807, 2.05) is 17.9 Å². The van der Waals surface area contributed by atoms with E-state index in [1.165, 1.54) is 31.2 Å².